The quantitative estimate of drug-likeness (QED) is 0.515. The van der Waals surface area contributed by atoms with E-state index in [0.29, 0.717) is 18.3 Å². The van der Waals surface area contributed by atoms with E-state index >= 15 is 0 Å². The first-order chi connectivity index (χ1) is 13.5. The van der Waals surface area contributed by atoms with Crippen LogP contribution in [0.4, 0.5) is 0 Å². The van der Waals surface area contributed by atoms with E-state index in [9.17, 15) is 0 Å². The Hall–Kier alpha value is -2.60. The van der Waals surface area contributed by atoms with E-state index in [4.69, 9.17) is 26.4 Å². The molecule has 3 rings (SSSR count). The zero-order chi connectivity index (χ0) is 20.1. The maximum atomic E-state index is 5.94. The van der Waals surface area contributed by atoms with Gasteiger partial charge in [-0.25, -0.2) is 4.98 Å². The number of nitrogens with zero attached hydrogens (tertiary/aromatic N) is 2. The molecule has 0 bridgehead atoms. The van der Waals surface area contributed by atoms with E-state index < -0.39 is 0 Å². The van der Waals surface area contributed by atoms with Gasteiger partial charge in [0.1, 0.15) is 23.9 Å². The summed E-state index contributed by atoms with van der Waals surface area (Å²) in [6.07, 6.45) is 0.853. The molecule has 0 fully saturated rings. The predicted octanol–water partition coefficient (Wildman–Crippen LogP) is 4.70. The van der Waals surface area contributed by atoms with Crippen molar-refractivity contribution in [3.05, 3.63) is 53.9 Å². The first kappa shape index (κ1) is 20.1. The van der Waals surface area contributed by atoms with E-state index in [2.05, 4.69) is 24.0 Å². The molecular formula is C22H26N2O3S. The minimum atomic E-state index is 0.207. The summed E-state index contributed by atoms with van der Waals surface area (Å²) in [6, 6.07) is 14.0. The molecule has 1 heterocycles. The first-order valence-electron chi connectivity index (χ1n) is 9.39. The first-order valence-corrected chi connectivity index (χ1v) is 9.80. The van der Waals surface area contributed by atoms with E-state index in [0.717, 1.165) is 34.8 Å². The van der Waals surface area contributed by atoms with Gasteiger partial charge < -0.3 is 18.8 Å². The molecule has 0 aliphatic heterocycles. The van der Waals surface area contributed by atoms with Gasteiger partial charge in [0.05, 0.1) is 24.8 Å². The predicted molar refractivity (Wildman–Crippen MR) is 115 cm³/mol. The highest BCUT2D eigenvalue weighted by Gasteiger charge is 2.12. The highest BCUT2D eigenvalue weighted by atomic mass is 32.1. The van der Waals surface area contributed by atoms with Gasteiger partial charge in [-0.05, 0) is 55.4 Å². The molecular weight excluding hydrogens is 372 g/mol. The maximum Gasteiger partial charge on any atom is 0.162 e. The van der Waals surface area contributed by atoms with Crippen LogP contribution >= 0.6 is 12.2 Å². The fraction of sp³-hybridized carbons (Fsp3) is 0.364. The summed E-state index contributed by atoms with van der Waals surface area (Å²) < 4.78 is 18.7. The zero-order valence-corrected chi connectivity index (χ0v) is 17.6. The lowest BCUT2D eigenvalue weighted by Crippen LogP contribution is -2.14. The molecule has 0 aliphatic rings. The third-order valence-electron chi connectivity index (χ3n) is 4.70. The number of rotatable bonds is 8. The third kappa shape index (κ3) is 4.62. The van der Waals surface area contributed by atoms with Crippen molar-refractivity contribution in [1.29, 1.82) is 0 Å². The highest BCUT2D eigenvalue weighted by molar-refractivity contribution is 7.80. The molecule has 5 nitrogen and oxygen atoms in total. The summed E-state index contributed by atoms with van der Waals surface area (Å²) in [7, 11) is 3.65. The van der Waals surface area contributed by atoms with Gasteiger partial charge in [-0.1, -0.05) is 19.1 Å². The summed E-state index contributed by atoms with van der Waals surface area (Å²) in [5, 5.41) is 0.668. The van der Waals surface area contributed by atoms with Crippen molar-refractivity contribution in [2.45, 2.75) is 26.9 Å². The van der Waals surface area contributed by atoms with Crippen LogP contribution in [0.1, 0.15) is 25.2 Å². The number of aromatic nitrogens is 2. The molecule has 148 valence electrons. The van der Waals surface area contributed by atoms with Crippen molar-refractivity contribution < 1.29 is 14.2 Å². The van der Waals surface area contributed by atoms with Crippen molar-refractivity contribution in [1.82, 2.24) is 9.55 Å². The Morgan fingerprint density at radius 3 is 2.54 bits per heavy atom. The molecule has 3 aromatic rings. The average molecular weight is 399 g/mol. The molecule has 0 saturated carbocycles. The molecule has 0 radical (unpaired) electrons. The minimum absolute atomic E-state index is 0.207. The van der Waals surface area contributed by atoms with Crippen LogP contribution in [0, 0.1) is 5.92 Å². The SMILES string of the molecule is CCOC(=S)C(C)Cc1ccc(OCc2nc3ccc(OC)cc3n2C)cc1. The maximum absolute atomic E-state index is 5.94. The summed E-state index contributed by atoms with van der Waals surface area (Å²) in [6.45, 7) is 5.05. The van der Waals surface area contributed by atoms with Gasteiger partial charge in [0, 0.05) is 19.0 Å². The summed E-state index contributed by atoms with van der Waals surface area (Å²) in [5.74, 6) is 2.70. The molecule has 2 aromatic carbocycles. The Bertz CT molecular complexity index is 950. The van der Waals surface area contributed by atoms with Crippen molar-refractivity contribution in [3.63, 3.8) is 0 Å². The van der Waals surface area contributed by atoms with Gasteiger partial charge in [-0.2, -0.15) is 0 Å². The van der Waals surface area contributed by atoms with Gasteiger partial charge in [-0.15, -0.1) is 0 Å². The Morgan fingerprint density at radius 2 is 1.86 bits per heavy atom. The summed E-state index contributed by atoms with van der Waals surface area (Å²) in [4.78, 5) is 4.65. The number of fused-ring (bicyclic) bond motifs is 1. The lowest BCUT2D eigenvalue weighted by atomic mass is 10.0. The second-order valence-electron chi connectivity index (χ2n) is 6.73. The zero-order valence-electron chi connectivity index (χ0n) is 16.8. The number of imidazole rings is 1. The molecule has 6 heteroatoms. The van der Waals surface area contributed by atoms with Gasteiger partial charge in [-0.3, -0.25) is 0 Å². The molecule has 1 unspecified atom stereocenters. The standard InChI is InChI=1S/C22H26N2O3S/c1-5-26-22(28)15(2)12-16-6-8-17(9-7-16)27-14-21-23-19-11-10-18(25-4)13-20(19)24(21)3/h6-11,13,15H,5,12,14H2,1-4H3. The smallest absolute Gasteiger partial charge is 0.162 e. The van der Waals surface area contributed by atoms with Gasteiger partial charge >= 0.3 is 0 Å². The van der Waals surface area contributed by atoms with E-state index in [1.807, 2.05) is 48.9 Å². The highest BCUT2D eigenvalue weighted by Crippen LogP contribution is 2.22. The number of hydrogen-bond donors (Lipinski definition) is 0. The van der Waals surface area contributed by atoms with Crippen molar-refractivity contribution in [3.8, 4) is 11.5 Å². The number of aryl methyl sites for hydroxylation is 1. The largest absolute Gasteiger partial charge is 0.497 e. The topological polar surface area (TPSA) is 45.5 Å². The molecule has 28 heavy (non-hydrogen) atoms. The van der Waals surface area contributed by atoms with Gasteiger partial charge in [0.2, 0.25) is 0 Å². The van der Waals surface area contributed by atoms with Crippen LogP contribution in [-0.4, -0.2) is 28.3 Å². The van der Waals surface area contributed by atoms with Crippen LogP contribution < -0.4 is 9.47 Å². The van der Waals surface area contributed by atoms with Crippen molar-refractivity contribution in [2.75, 3.05) is 13.7 Å². The summed E-state index contributed by atoms with van der Waals surface area (Å²) >= 11 is 5.29. The fourth-order valence-corrected chi connectivity index (χ4v) is 3.27. The van der Waals surface area contributed by atoms with E-state index in [1.165, 1.54) is 5.56 Å². The second kappa shape index (κ2) is 9.06. The minimum Gasteiger partial charge on any atom is -0.497 e. The molecule has 0 aliphatic carbocycles. The molecule has 0 N–H and O–H groups in total. The molecule has 0 amide bonds. The van der Waals surface area contributed by atoms with Crippen LogP contribution in [0.15, 0.2) is 42.5 Å². The number of benzene rings is 2. The Balaban J connectivity index is 1.63. The number of methoxy groups -OCH3 is 1. The Labute approximate surface area is 171 Å². The third-order valence-corrected chi connectivity index (χ3v) is 5.22. The van der Waals surface area contributed by atoms with Gasteiger partial charge in [0.15, 0.2) is 5.05 Å². The Kier molecular flexibility index (Phi) is 6.52. The number of thiocarbonyl (C=S) groups is 1. The lowest BCUT2D eigenvalue weighted by Gasteiger charge is -2.13. The van der Waals surface area contributed by atoms with Crippen LogP contribution in [0.3, 0.4) is 0 Å². The van der Waals surface area contributed by atoms with Crippen molar-refractivity contribution >= 4 is 28.3 Å². The molecule has 0 spiro atoms. The fourth-order valence-electron chi connectivity index (χ4n) is 3.07. The second-order valence-corrected chi connectivity index (χ2v) is 7.13. The van der Waals surface area contributed by atoms with Gasteiger partial charge in [0.25, 0.3) is 0 Å². The van der Waals surface area contributed by atoms with Crippen molar-refractivity contribution in [2.24, 2.45) is 13.0 Å². The summed E-state index contributed by atoms with van der Waals surface area (Å²) in [5.41, 5.74) is 3.15. The van der Waals surface area contributed by atoms with Crippen LogP contribution in [0.2, 0.25) is 0 Å². The number of hydrogen-bond acceptors (Lipinski definition) is 5. The molecule has 0 saturated heterocycles. The van der Waals surface area contributed by atoms with Crippen LogP contribution in [-0.2, 0) is 24.8 Å². The monoisotopic (exact) mass is 398 g/mol. The molecule has 1 aromatic heterocycles. The number of ether oxygens (including phenoxy) is 3. The van der Waals surface area contributed by atoms with E-state index in [-0.39, 0.29) is 5.92 Å². The van der Waals surface area contributed by atoms with Crippen LogP contribution in [0.25, 0.3) is 11.0 Å². The van der Waals surface area contributed by atoms with Crippen LogP contribution in [0.5, 0.6) is 11.5 Å². The average Bonchev–Trinajstić information content (AvgIpc) is 3.02. The molecule has 1 atom stereocenters. The van der Waals surface area contributed by atoms with E-state index in [1.54, 1.807) is 7.11 Å². The Morgan fingerprint density at radius 1 is 1.14 bits per heavy atom. The lowest BCUT2D eigenvalue weighted by molar-refractivity contribution is 0.292. The normalized spacial score (nSPS) is 12.0.